The highest BCUT2D eigenvalue weighted by atomic mass is 35.5. The second-order valence-electron chi connectivity index (χ2n) is 7.99. The first-order valence-corrected chi connectivity index (χ1v) is 14.2. The van der Waals surface area contributed by atoms with E-state index in [1.807, 2.05) is 13.8 Å². The van der Waals surface area contributed by atoms with Crippen LogP contribution in [-0.2, 0) is 26.2 Å². The molecule has 2 aromatic rings. The minimum absolute atomic E-state index is 0.0354. The van der Waals surface area contributed by atoms with Crippen LogP contribution >= 0.6 is 34.8 Å². The van der Waals surface area contributed by atoms with E-state index in [-0.39, 0.29) is 37.7 Å². The molecular weight excluding hydrogens is 533 g/mol. The normalized spacial score (nSPS) is 12.2. The summed E-state index contributed by atoms with van der Waals surface area (Å²) in [6.07, 6.45) is 1.79. The van der Waals surface area contributed by atoms with Crippen molar-refractivity contribution >= 4 is 62.3 Å². The van der Waals surface area contributed by atoms with Crippen LogP contribution in [0.3, 0.4) is 0 Å². The molecule has 0 radical (unpaired) electrons. The van der Waals surface area contributed by atoms with Crippen molar-refractivity contribution in [1.29, 1.82) is 0 Å². The number of likely N-dealkylation sites (N-methyl/N-ethyl adjacent to an activating group) is 1. The van der Waals surface area contributed by atoms with Gasteiger partial charge in [-0.05, 0) is 55.7 Å². The molecule has 0 saturated heterocycles. The predicted octanol–water partition coefficient (Wildman–Crippen LogP) is 5.14. The molecule has 2 amide bonds. The van der Waals surface area contributed by atoms with Gasteiger partial charge in [-0.25, -0.2) is 8.42 Å². The first kappa shape index (κ1) is 29.2. The van der Waals surface area contributed by atoms with Crippen LogP contribution in [0.25, 0.3) is 0 Å². The lowest BCUT2D eigenvalue weighted by Gasteiger charge is -2.31. The zero-order chi connectivity index (χ0) is 26.2. The summed E-state index contributed by atoms with van der Waals surface area (Å²) < 4.78 is 26.0. The van der Waals surface area contributed by atoms with Crippen LogP contribution < -0.4 is 9.62 Å². The van der Waals surface area contributed by atoms with Crippen molar-refractivity contribution in [1.82, 2.24) is 10.2 Å². The Morgan fingerprint density at radius 2 is 1.71 bits per heavy atom. The average Bonchev–Trinajstić information content (AvgIpc) is 2.77. The second-order valence-corrected chi connectivity index (χ2v) is 11.2. The largest absolute Gasteiger partial charge is 0.355 e. The summed E-state index contributed by atoms with van der Waals surface area (Å²) in [5.41, 5.74) is 1.08. The summed E-state index contributed by atoms with van der Waals surface area (Å²) in [6, 6.07) is 10.8. The molecule has 1 N–H and O–H groups in total. The van der Waals surface area contributed by atoms with Gasteiger partial charge >= 0.3 is 0 Å². The number of halogens is 3. The van der Waals surface area contributed by atoms with Gasteiger partial charge in [0.25, 0.3) is 0 Å². The molecule has 0 aliphatic carbocycles. The van der Waals surface area contributed by atoms with Crippen LogP contribution in [0.15, 0.2) is 42.5 Å². The minimum Gasteiger partial charge on any atom is -0.355 e. The van der Waals surface area contributed by atoms with Crippen LogP contribution in [-0.4, -0.2) is 50.5 Å². The number of nitrogens with one attached hydrogen (secondary N) is 1. The van der Waals surface area contributed by atoms with E-state index in [0.717, 1.165) is 6.26 Å². The fourth-order valence-electron chi connectivity index (χ4n) is 3.68. The highest BCUT2D eigenvalue weighted by Gasteiger charge is 2.29. The number of sulfonamides is 1. The van der Waals surface area contributed by atoms with Gasteiger partial charge in [0.15, 0.2) is 0 Å². The molecule has 1 atom stereocenters. The van der Waals surface area contributed by atoms with Gasteiger partial charge in [-0.2, -0.15) is 0 Å². The summed E-state index contributed by atoms with van der Waals surface area (Å²) in [6.45, 7) is 4.27. The summed E-state index contributed by atoms with van der Waals surface area (Å²) in [4.78, 5) is 27.6. The van der Waals surface area contributed by atoms with Crippen LogP contribution in [0.2, 0.25) is 15.1 Å². The van der Waals surface area contributed by atoms with Crippen molar-refractivity contribution in [3.05, 3.63) is 63.1 Å². The lowest BCUT2D eigenvalue weighted by Crippen LogP contribution is -2.49. The average molecular weight is 563 g/mol. The number of hydrogen-bond donors (Lipinski definition) is 1. The zero-order valence-electron chi connectivity index (χ0n) is 19.9. The number of hydrogen-bond acceptors (Lipinski definition) is 4. The lowest BCUT2D eigenvalue weighted by molar-refractivity contribution is -0.141. The molecule has 0 saturated carbocycles. The maximum Gasteiger partial charge on any atom is 0.242 e. The Balaban J connectivity index is 2.24. The Bertz CT molecular complexity index is 1140. The van der Waals surface area contributed by atoms with E-state index in [9.17, 15) is 18.0 Å². The van der Waals surface area contributed by atoms with Gasteiger partial charge in [0.2, 0.25) is 21.8 Å². The maximum atomic E-state index is 13.3. The zero-order valence-corrected chi connectivity index (χ0v) is 23.0. The Morgan fingerprint density at radius 3 is 2.29 bits per heavy atom. The molecule has 0 bridgehead atoms. The molecule has 192 valence electrons. The van der Waals surface area contributed by atoms with Crippen molar-refractivity contribution in [3.63, 3.8) is 0 Å². The third kappa shape index (κ3) is 8.56. The topological polar surface area (TPSA) is 86.8 Å². The molecule has 0 fully saturated rings. The van der Waals surface area contributed by atoms with Gasteiger partial charge in [-0.1, -0.05) is 53.9 Å². The van der Waals surface area contributed by atoms with E-state index in [2.05, 4.69) is 5.32 Å². The Labute approximate surface area is 222 Å². The summed E-state index contributed by atoms with van der Waals surface area (Å²) >= 11 is 18.4. The predicted molar refractivity (Wildman–Crippen MR) is 143 cm³/mol. The third-order valence-electron chi connectivity index (χ3n) is 5.34. The number of rotatable bonds is 12. The fourth-order valence-corrected chi connectivity index (χ4v) is 5.29. The molecule has 0 spiro atoms. The van der Waals surface area contributed by atoms with Crippen molar-refractivity contribution in [2.75, 3.05) is 23.7 Å². The molecule has 0 aromatic heterocycles. The molecule has 2 rings (SSSR count). The van der Waals surface area contributed by atoms with Crippen LogP contribution in [0, 0.1) is 0 Å². The number of nitrogens with zero attached hydrogens (tertiary/aromatic N) is 2. The molecule has 0 heterocycles. The van der Waals surface area contributed by atoms with Crippen molar-refractivity contribution in [2.45, 2.75) is 45.7 Å². The Hall–Kier alpha value is -2.00. The van der Waals surface area contributed by atoms with Crippen LogP contribution in [0.4, 0.5) is 5.69 Å². The summed E-state index contributed by atoms with van der Waals surface area (Å²) in [5, 5.41) is 4.04. The number of benzene rings is 2. The number of carbonyl (C=O) groups excluding carboxylic acids is 2. The number of carbonyl (C=O) groups is 2. The van der Waals surface area contributed by atoms with E-state index in [1.165, 1.54) is 9.21 Å². The quantitative estimate of drug-likeness (QED) is 0.388. The van der Waals surface area contributed by atoms with E-state index in [1.54, 1.807) is 42.5 Å². The molecule has 35 heavy (non-hydrogen) atoms. The summed E-state index contributed by atoms with van der Waals surface area (Å²) in [7, 11) is -3.60. The monoisotopic (exact) mass is 561 g/mol. The molecule has 0 aliphatic heterocycles. The van der Waals surface area contributed by atoms with Gasteiger partial charge in [-0.15, -0.1) is 0 Å². The molecule has 0 unspecified atom stereocenters. The van der Waals surface area contributed by atoms with Crippen molar-refractivity contribution < 1.29 is 18.0 Å². The maximum absolute atomic E-state index is 13.3. The van der Waals surface area contributed by atoms with Crippen molar-refractivity contribution in [2.24, 2.45) is 0 Å². The van der Waals surface area contributed by atoms with Gasteiger partial charge in [0.05, 0.1) is 11.9 Å². The Morgan fingerprint density at radius 1 is 1.03 bits per heavy atom. The highest BCUT2D eigenvalue weighted by molar-refractivity contribution is 7.92. The van der Waals surface area contributed by atoms with E-state index >= 15 is 0 Å². The van der Waals surface area contributed by atoms with Gasteiger partial charge < -0.3 is 10.2 Å². The van der Waals surface area contributed by atoms with E-state index < -0.39 is 16.1 Å². The van der Waals surface area contributed by atoms with Crippen LogP contribution in [0.1, 0.15) is 38.7 Å². The minimum atomic E-state index is -3.60. The SMILES string of the molecule is CCNC(=O)[C@@H](CC)N(Cc1ccc(Cl)cc1Cl)C(=O)CCCN(c1cccc(Cl)c1)S(C)(=O)=O. The first-order chi connectivity index (χ1) is 16.5. The Kier molecular flexibility index (Phi) is 11.1. The molecule has 0 aliphatic rings. The van der Waals surface area contributed by atoms with Crippen molar-refractivity contribution in [3.8, 4) is 0 Å². The first-order valence-electron chi connectivity index (χ1n) is 11.2. The second kappa shape index (κ2) is 13.3. The number of amides is 2. The highest BCUT2D eigenvalue weighted by Crippen LogP contribution is 2.25. The fraction of sp³-hybridized carbons (Fsp3) is 0.417. The molecule has 7 nitrogen and oxygen atoms in total. The van der Waals surface area contributed by atoms with E-state index in [0.29, 0.717) is 39.3 Å². The number of anilines is 1. The van der Waals surface area contributed by atoms with E-state index in [4.69, 9.17) is 34.8 Å². The van der Waals surface area contributed by atoms with Gasteiger partial charge in [0.1, 0.15) is 6.04 Å². The summed E-state index contributed by atoms with van der Waals surface area (Å²) in [5.74, 6) is -0.543. The van der Waals surface area contributed by atoms with Gasteiger partial charge in [0, 0.05) is 41.1 Å². The van der Waals surface area contributed by atoms with Crippen LogP contribution in [0.5, 0.6) is 0 Å². The molecule has 2 aromatic carbocycles. The molecular formula is C24H30Cl3N3O4S. The smallest absolute Gasteiger partial charge is 0.242 e. The molecule has 11 heteroatoms. The van der Waals surface area contributed by atoms with Gasteiger partial charge in [-0.3, -0.25) is 13.9 Å². The third-order valence-corrected chi connectivity index (χ3v) is 7.36. The standard InChI is InChI=1S/C24H30Cl3N3O4S/c1-4-22(24(32)28-5-2)29(16-17-11-12-19(26)15-21(17)27)23(31)10-7-13-30(35(3,33)34)20-9-6-8-18(25)14-20/h6,8-9,11-12,14-15,22H,4-5,7,10,13,16H2,1-3H3,(H,28,32)/t22-/m1/s1. The lowest BCUT2D eigenvalue weighted by atomic mass is 10.1.